The number of benzene rings is 1. The van der Waals surface area contributed by atoms with Crippen LogP contribution in [0.2, 0.25) is 0 Å². The second-order valence-corrected chi connectivity index (χ2v) is 9.36. The molecule has 1 fully saturated rings. The lowest BCUT2D eigenvalue weighted by Gasteiger charge is -2.31. The van der Waals surface area contributed by atoms with Crippen molar-refractivity contribution in [3.05, 3.63) is 83.8 Å². The molecule has 5 rings (SSSR count). The molecule has 0 saturated carbocycles. The number of carbonyl (C=O) groups excluding carboxylic acids is 1. The topological polar surface area (TPSA) is 102 Å². The molecule has 0 radical (unpaired) electrons. The number of ether oxygens (including phenoxy) is 2. The number of aryl methyl sites for hydroxylation is 1. The molecule has 3 aromatic heterocycles. The minimum atomic E-state index is -0.303. The van der Waals surface area contributed by atoms with Gasteiger partial charge in [-0.1, -0.05) is 41.7 Å². The van der Waals surface area contributed by atoms with Gasteiger partial charge in [0, 0.05) is 49.4 Å². The number of morpholine rings is 1. The zero-order chi connectivity index (χ0) is 24.7. The number of nitrogens with zero attached hydrogens (tertiary/aromatic N) is 5. The van der Waals surface area contributed by atoms with E-state index in [-0.39, 0.29) is 12.0 Å². The SMILES string of the molecule is Cc1cc(C(=O)Nc2nnc(-c3ccncc3)s2)cnc1OC(CN1CCOCC1)c1ccccc1. The molecule has 1 atom stereocenters. The van der Waals surface area contributed by atoms with Gasteiger partial charge in [-0.2, -0.15) is 0 Å². The Labute approximate surface area is 213 Å². The summed E-state index contributed by atoms with van der Waals surface area (Å²) in [6.07, 6.45) is 4.72. The number of hydrogen-bond acceptors (Lipinski definition) is 9. The van der Waals surface area contributed by atoms with E-state index in [1.165, 1.54) is 17.5 Å². The predicted molar refractivity (Wildman–Crippen MR) is 137 cm³/mol. The highest BCUT2D eigenvalue weighted by molar-refractivity contribution is 7.18. The molecule has 1 N–H and O–H groups in total. The van der Waals surface area contributed by atoms with Crippen molar-refractivity contribution < 1.29 is 14.3 Å². The average Bonchev–Trinajstić information content (AvgIpc) is 3.39. The van der Waals surface area contributed by atoms with Crippen LogP contribution in [0.5, 0.6) is 5.88 Å². The van der Waals surface area contributed by atoms with Crippen LogP contribution in [-0.2, 0) is 4.74 Å². The van der Waals surface area contributed by atoms with Crippen molar-refractivity contribution in [2.24, 2.45) is 0 Å². The Hall–Kier alpha value is -3.73. The van der Waals surface area contributed by atoms with E-state index in [1.807, 2.05) is 37.3 Å². The second-order valence-electron chi connectivity index (χ2n) is 8.38. The third-order valence-corrected chi connectivity index (χ3v) is 6.71. The first-order valence-corrected chi connectivity index (χ1v) is 12.5. The Morgan fingerprint density at radius 3 is 2.67 bits per heavy atom. The molecule has 0 aliphatic carbocycles. The molecule has 1 saturated heterocycles. The molecular formula is C26H26N6O3S. The van der Waals surface area contributed by atoms with Crippen molar-refractivity contribution in [1.29, 1.82) is 0 Å². The molecule has 0 spiro atoms. The van der Waals surface area contributed by atoms with Crippen LogP contribution in [-0.4, -0.2) is 63.8 Å². The van der Waals surface area contributed by atoms with Crippen LogP contribution in [0.4, 0.5) is 5.13 Å². The molecule has 4 heterocycles. The van der Waals surface area contributed by atoms with Gasteiger partial charge in [0.15, 0.2) is 0 Å². The summed E-state index contributed by atoms with van der Waals surface area (Å²) in [5.41, 5.74) is 3.17. The molecule has 1 amide bonds. The Morgan fingerprint density at radius 1 is 1.14 bits per heavy atom. The monoisotopic (exact) mass is 502 g/mol. The third-order valence-electron chi connectivity index (χ3n) is 5.82. The zero-order valence-electron chi connectivity index (χ0n) is 19.8. The highest BCUT2D eigenvalue weighted by Gasteiger charge is 2.22. The summed E-state index contributed by atoms with van der Waals surface area (Å²) in [4.78, 5) is 23.7. The maximum absolute atomic E-state index is 12.8. The maximum atomic E-state index is 12.8. The van der Waals surface area contributed by atoms with Crippen LogP contribution in [0.15, 0.2) is 67.1 Å². The number of carbonyl (C=O) groups is 1. The summed E-state index contributed by atoms with van der Waals surface area (Å²) < 4.78 is 11.9. The van der Waals surface area contributed by atoms with Crippen LogP contribution < -0.4 is 10.1 Å². The highest BCUT2D eigenvalue weighted by atomic mass is 32.1. The predicted octanol–water partition coefficient (Wildman–Crippen LogP) is 4.01. The van der Waals surface area contributed by atoms with E-state index in [9.17, 15) is 4.79 Å². The van der Waals surface area contributed by atoms with Crippen molar-refractivity contribution in [2.45, 2.75) is 13.0 Å². The first-order chi connectivity index (χ1) is 17.7. The van der Waals surface area contributed by atoms with Crippen molar-refractivity contribution in [3.63, 3.8) is 0 Å². The number of anilines is 1. The van der Waals surface area contributed by atoms with E-state index in [0.717, 1.165) is 49.5 Å². The summed E-state index contributed by atoms with van der Waals surface area (Å²) in [6, 6.07) is 15.6. The molecular weight excluding hydrogens is 476 g/mol. The summed E-state index contributed by atoms with van der Waals surface area (Å²) in [5.74, 6) is 0.201. The number of aromatic nitrogens is 4. The Bertz CT molecular complexity index is 1300. The van der Waals surface area contributed by atoms with E-state index in [4.69, 9.17) is 9.47 Å². The van der Waals surface area contributed by atoms with E-state index >= 15 is 0 Å². The fraction of sp³-hybridized carbons (Fsp3) is 0.269. The number of amides is 1. The van der Waals surface area contributed by atoms with Gasteiger partial charge in [0.1, 0.15) is 11.1 Å². The quantitative estimate of drug-likeness (QED) is 0.386. The van der Waals surface area contributed by atoms with Crippen LogP contribution in [0, 0.1) is 6.92 Å². The lowest BCUT2D eigenvalue weighted by molar-refractivity contribution is 0.0181. The number of nitrogens with one attached hydrogen (secondary N) is 1. The molecule has 36 heavy (non-hydrogen) atoms. The van der Waals surface area contributed by atoms with Gasteiger partial charge < -0.3 is 9.47 Å². The largest absolute Gasteiger partial charge is 0.468 e. The second kappa shape index (κ2) is 11.3. The molecule has 184 valence electrons. The van der Waals surface area contributed by atoms with Gasteiger partial charge in [0.2, 0.25) is 11.0 Å². The van der Waals surface area contributed by atoms with Crippen molar-refractivity contribution in [2.75, 3.05) is 38.2 Å². The van der Waals surface area contributed by atoms with E-state index in [1.54, 1.807) is 18.5 Å². The lowest BCUT2D eigenvalue weighted by Crippen LogP contribution is -2.40. The van der Waals surface area contributed by atoms with Crippen LogP contribution in [0.1, 0.15) is 27.6 Å². The van der Waals surface area contributed by atoms with Gasteiger partial charge in [-0.05, 0) is 30.7 Å². The smallest absolute Gasteiger partial charge is 0.259 e. The summed E-state index contributed by atoms with van der Waals surface area (Å²) in [6.45, 7) is 5.80. The molecule has 1 unspecified atom stereocenters. The van der Waals surface area contributed by atoms with Gasteiger partial charge in [0.05, 0.1) is 18.8 Å². The zero-order valence-corrected chi connectivity index (χ0v) is 20.6. The first-order valence-electron chi connectivity index (χ1n) is 11.7. The molecule has 4 aromatic rings. The summed E-state index contributed by atoms with van der Waals surface area (Å²) in [5, 5.41) is 12.2. The van der Waals surface area contributed by atoms with Crippen LogP contribution >= 0.6 is 11.3 Å². The van der Waals surface area contributed by atoms with Gasteiger partial charge in [-0.25, -0.2) is 4.98 Å². The number of hydrogen-bond donors (Lipinski definition) is 1. The summed E-state index contributed by atoms with van der Waals surface area (Å²) >= 11 is 1.30. The third kappa shape index (κ3) is 5.91. The van der Waals surface area contributed by atoms with Crippen molar-refractivity contribution in [3.8, 4) is 16.5 Å². The fourth-order valence-corrected chi connectivity index (χ4v) is 4.64. The first kappa shape index (κ1) is 24.0. The van der Waals surface area contributed by atoms with E-state index in [2.05, 4.69) is 42.5 Å². The van der Waals surface area contributed by atoms with Gasteiger partial charge in [0.25, 0.3) is 5.91 Å². The highest BCUT2D eigenvalue weighted by Crippen LogP contribution is 2.27. The minimum absolute atomic E-state index is 0.192. The van der Waals surface area contributed by atoms with Gasteiger partial charge in [-0.15, -0.1) is 10.2 Å². The number of rotatable bonds is 8. The van der Waals surface area contributed by atoms with E-state index in [0.29, 0.717) is 21.6 Å². The Morgan fingerprint density at radius 2 is 1.92 bits per heavy atom. The van der Waals surface area contributed by atoms with Crippen molar-refractivity contribution in [1.82, 2.24) is 25.1 Å². The fourth-order valence-electron chi connectivity index (χ4n) is 3.90. The van der Waals surface area contributed by atoms with Crippen LogP contribution in [0.25, 0.3) is 10.6 Å². The lowest BCUT2D eigenvalue weighted by atomic mass is 10.1. The molecule has 9 nitrogen and oxygen atoms in total. The Balaban J connectivity index is 1.28. The maximum Gasteiger partial charge on any atom is 0.259 e. The average molecular weight is 503 g/mol. The molecule has 1 aliphatic rings. The van der Waals surface area contributed by atoms with Gasteiger partial charge in [-0.3, -0.25) is 20.0 Å². The normalized spacial score (nSPS) is 14.8. The molecule has 1 aromatic carbocycles. The van der Waals surface area contributed by atoms with E-state index < -0.39 is 0 Å². The minimum Gasteiger partial charge on any atom is -0.468 e. The summed E-state index contributed by atoms with van der Waals surface area (Å²) in [7, 11) is 0. The molecule has 1 aliphatic heterocycles. The number of pyridine rings is 2. The standard InChI is InChI=1S/C26H26N6O3S/c1-18-15-21(23(33)29-26-31-30-25(36-26)20-7-9-27-10-8-20)16-28-24(18)35-22(19-5-3-2-4-6-19)17-32-11-13-34-14-12-32/h2-10,15-16,22H,11-14,17H2,1H3,(H,29,31,33). The molecule has 10 heteroatoms. The van der Waals surface area contributed by atoms with Crippen molar-refractivity contribution >= 4 is 22.4 Å². The van der Waals surface area contributed by atoms with Gasteiger partial charge >= 0.3 is 0 Å². The van der Waals surface area contributed by atoms with Crippen LogP contribution in [0.3, 0.4) is 0 Å². The molecule has 0 bridgehead atoms. The Kier molecular flexibility index (Phi) is 7.55.